The van der Waals surface area contributed by atoms with E-state index >= 15 is 0 Å². The zero-order chi connectivity index (χ0) is 23.1. The number of nitrogens with zero attached hydrogens (tertiary/aromatic N) is 2. The Morgan fingerprint density at radius 3 is 2.26 bits per heavy atom. The van der Waals surface area contributed by atoms with E-state index in [-0.39, 0.29) is 31.5 Å². The van der Waals surface area contributed by atoms with Crippen LogP contribution in [0, 0.1) is 5.92 Å². The summed E-state index contributed by atoms with van der Waals surface area (Å²) in [5.74, 6) is -2.26. The van der Waals surface area contributed by atoms with Crippen LogP contribution in [-0.2, 0) is 14.4 Å². The summed E-state index contributed by atoms with van der Waals surface area (Å²) in [5.41, 5.74) is 0.596. The Labute approximate surface area is 182 Å². The molecule has 0 aliphatic carbocycles. The molecule has 4 amide bonds. The molecule has 31 heavy (non-hydrogen) atoms. The van der Waals surface area contributed by atoms with E-state index in [0.717, 1.165) is 0 Å². The van der Waals surface area contributed by atoms with Crippen molar-refractivity contribution in [2.75, 3.05) is 32.0 Å². The van der Waals surface area contributed by atoms with Crippen LogP contribution in [0.25, 0.3) is 0 Å². The van der Waals surface area contributed by atoms with Gasteiger partial charge in [-0.2, -0.15) is 0 Å². The number of urea groups is 1. The highest BCUT2D eigenvalue weighted by Crippen LogP contribution is 2.17. The zero-order valence-electron chi connectivity index (χ0n) is 18.3. The molecule has 1 aliphatic rings. The molecule has 10 nitrogen and oxygen atoms in total. The van der Waals surface area contributed by atoms with E-state index < -0.39 is 36.0 Å². The lowest BCUT2D eigenvalue weighted by atomic mass is 10.00. The Kier molecular flexibility index (Phi) is 8.38. The van der Waals surface area contributed by atoms with Gasteiger partial charge in [0, 0.05) is 18.8 Å². The number of benzene rings is 1. The normalized spacial score (nSPS) is 18.3. The number of amides is 4. The number of para-hydroxylation sites is 1. The molecule has 10 heteroatoms. The van der Waals surface area contributed by atoms with Crippen molar-refractivity contribution in [3.05, 3.63) is 30.3 Å². The fourth-order valence-corrected chi connectivity index (χ4v) is 3.27. The number of aliphatic carboxylic acids is 1. The summed E-state index contributed by atoms with van der Waals surface area (Å²) in [5, 5.41) is 18.0. The van der Waals surface area contributed by atoms with Gasteiger partial charge < -0.3 is 30.9 Å². The Balaban J connectivity index is 2.12. The van der Waals surface area contributed by atoms with E-state index in [1.54, 1.807) is 52.1 Å². The number of hydrogen-bond donors (Lipinski definition) is 4. The maximum Gasteiger partial charge on any atom is 0.328 e. The Morgan fingerprint density at radius 2 is 1.71 bits per heavy atom. The minimum atomic E-state index is -1.21. The predicted octanol–water partition coefficient (Wildman–Crippen LogP) is 0.565. The van der Waals surface area contributed by atoms with Gasteiger partial charge in [-0.15, -0.1) is 0 Å². The third-order valence-electron chi connectivity index (χ3n) is 5.32. The van der Waals surface area contributed by atoms with Crippen LogP contribution in [0.2, 0.25) is 0 Å². The number of piperazine rings is 1. The van der Waals surface area contributed by atoms with Crippen LogP contribution in [-0.4, -0.2) is 83.5 Å². The predicted molar refractivity (Wildman–Crippen MR) is 115 cm³/mol. The first kappa shape index (κ1) is 24.1. The van der Waals surface area contributed by atoms with Gasteiger partial charge in [0.1, 0.15) is 12.1 Å². The molecule has 0 radical (unpaired) electrons. The SMILES string of the molecule is CN[C@@H](C)C(=O)N[C@H](C(=O)N1CCN(C(=O)Nc2ccccc2)C[C@H]1C(=O)O)C(C)C. The maximum absolute atomic E-state index is 13.2. The van der Waals surface area contributed by atoms with Crippen molar-refractivity contribution in [3.63, 3.8) is 0 Å². The van der Waals surface area contributed by atoms with Gasteiger partial charge in [0.05, 0.1) is 12.6 Å². The summed E-state index contributed by atoms with van der Waals surface area (Å²) in [6, 6.07) is 5.84. The largest absolute Gasteiger partial charge is 0.480 e. The Hall–Kier alpha value is -3.14. The van der Waals surface area contributed by atoms with Crippen molar-refractivity contribution in [1.29, 1.82) is 0 Å². The molecule has 1 fully saturated rings. The molecule has 2 rings (SSSR count). The lowest BCUT2D eigenvalue weighted by Crippen LogP contribution is -2.64. The fourth-order valence-electron chi connectivity index (χ4n) is 3.27. The molecule has 0 unspecified atom stereocenters. The summed E-state index contributed by atoms with van der Waals surface area (Å²) in [6.07, 6.45) is 0. The van der Waals surface area contributed by atoms with E-state index in [1.807, 2.05) is 6.07 Å². The molecule has 0 spiro atoms. The van der Waals surface area contributed by atoms with Crippen LogP contribution in [0.1, 0.15) is 20.8 Å². The number of carbonyl (C=O) groups is 4. The zero-order valence-corrected chi connectivity index (χ0v) is 18.3. The molecule has 0 bridgehead atoms. The van der Waals surface area contributed by atoms with Crippen LogP contribution in [0.3, 0.4) is 0 Å². The lowest BCUT2D eigenvalue weighted by Gasteiger charge is -2.41. The average Bonchev–Trinajstić information content (AvgIpc) is 2.76. The highest BCUT2D eigenvalue weighted by atomic mass is 16.4. The third-order valence-corrected chi connectivity index (χ3v) is 5.32. The smallest absolute Gasteiger partial charge is 0.328 e. The first-order valence-corrected chi connectivity index (χ1v) is 10.3. The van der Waals surface area contributed by atoms with E-state index in [0.29, 0.717) is 5.69 Å². The molecule has 1 saturated heterocycles. The molecule has 0 saturated carbocycles. The highest BCUT2D eigenvalue weighted by molar-refractivity contribution is 5.93. The molecule has 1 aromatic rings. The molecular formula is C21H31N5O5. The average molecular weight is 434 g/mol. The lowest BCUT2D eigenvalue weighted by molar-refractivity contribution is -0.154. The van der Waals surface area contributed by atoms with Crippen molar-refractivity contribution >= 4 is 29.5 Å². The van der Waals surface area contributed by atoms with Crippen LogP contribution in [0.15, 0.2) is 30.3 Å². The number of rotatable bonds is 7. The van der Waals surface area contributed by atoms with Gasteiger partial charge in [-0.25, -0.2) is 9.59 Å². The number of anilines is 1. The molecule has 1 aromatic carbocycles. The van der Waals surface area contributed by atoms with Gasteiger partial charge in [0.2, 0.25) is 11.8 Å². The second-order valence-corrected chi connectivity index (χ2v) is 7.87. The van der Waals surface area contributed by atoms with Crippen LogP contribution < -0.4 is 16.0 Å². The molecule has 4 N–H and O–H groups in total. The van der Waals surface area contributed by atoms with Crippen molar-refractivity contribution in [2.24, 2.45) is 5.92 Å². The maximum atomic E-state index is 13.2. The van der Waals surface area contributed by atoms with Crippen LogP contribution in [0.5, 0.6) is 0 Å². The topological polar surface area (TPSA) is 131 Å². The van der Waals surface area contributed by atoms with Crippen LogP contribution in [0.4, 0.5) is 10.5 Å². The second kappa shape index (κ2) is 10.8. The summed E-state index contributed by atoms with van der Waals surface area (Å²) in [6.45, 7) is 5.32. The summed E-state index contributed by atoms with van der Waals surface area (Å²) in [7, 11) is 1.64. The molecular weight excluding hydrogens is 402 g/mol. The molecule has 1 heterocycles. The minimum Gasteiger partial charge on any atom is -0.480 e. The van der Waals surface area contributed by atoms with Crippen molar-refractivity contribution in [2.45, 2.75) is 38.9 Å². The van der Waals surface area contributed by atoms with Crippen molar-refractivity contribution in [3.8, 4) is 0 Å². The van der Waals surface area contributed by atoms with Gasteiger partial charge in [-0.1, -0.05) is 32.0 Å². The third kappa shape index (κ3) is 6.17. The molecule has 1 aliphatic heterocycles. The van der Waals surface area contributed by atoms with Gasteiger partial charge in [0.15, 0.2) is 0 Å². The van der Waals surface area contributed by atoms with Crippen molar-refractivity contribution in [1.82, 2.24) is 20.4 Å². The number of carbonyl (C=O) groups excluding carboxylic acids is 3. The number of nitrogens with one attached hydrogen (secondary N) is 3. The molecule has 170 valence electrons. The van der Waals surface area contributed by atoms with E-state index in [1.165, 1.54) is 9.80 Å². The molecule has 0 aromatic heterocycles. The van der Waals surface area contributed by atoms with Gasteiger partial charge in [0.25, 0.3) is 0 Å². The van der Waals surface area contributed by atoms with E-state index in [9.17, 15) is 24.3 Å². The highest BCUT2D eigenvalue weighted by Gasteiger charge is 2.40. The minimum absolute atomic E-state index is 0.0542. The van der Waals surface area contributed by atoms with Gasteiger partial charge >= 0.3 is 12.0 Å². The summed E-state index contributed by atoms with van der Waals surface area (Å²) >= 11 is 0. The summed E-state index contributed by atoms with van der Waals surface area (Å²) < 4.78 is 0. The quantitative estimate of drug-likeness (QED) is 0.497. The fraction of sp³-hybridized carbons (Fsp3) is 0.524. The monoisotopic (exact) mass is 433 g/mol. The number of hydrogen-bond acceptors (Lipinski definition) is 5. The van der Waals surface area contributed by atoms with Crippen molar-refractivity contribution < 1.29 is 24.3 Å². The number of carboxylic acid groups (broad SMARTS) is 1. The number of carboxylic acids is 1. The van der Waals surface area contributed by atoms with E-state index in [4.69, 9.17) is 0 Å². The van der Waals surface area contributed by atoms with Gasteiger partial charge in [-0.3, -0.25) is 9.59 Å². The second-order valence-electron chi connectivity index (χ2n) is 7.87. The Bertz CT molecular complexity index is 801. The van der Waals surface area contributed by atoms with Gasteiger partial charge in [-0.05, 0) is 32.0 Å². The first-order chi connectivity index (χ1) is 14.6. The number of likely N-dealkylation sites (N-methyl/N-ethyl adjacent to an activating group) is 1. The van der Waals surface area contributed by atoms with E-state index in [2.05, 4.69) is 16.0 Å². The van der Waals surface area contributed by atoms with Crippen LogP contribution >= 0.6 is 0 Å². The Morgan fingerprint density at radius 1 is 1.06 bits per heavy atom. The summed E-state index contributed by atoms with van der Waals surface area (Å²) in [4.78, 5) is 52.6. The standard InChI is InChI=1S/C21H31N5O5/c1-13(2)17(24-18(27)14(3)22-4)19(28)26-11-10-25(12-16(26)20(29)30)21(31)23-15-8-6-5-7-9-15/h5-9,13-14,16-17,22H,10-12H2,1-4H3,(H,23,31)(H,24,27)(H,29,30)/t14-,16-,17-/m0/s1. The molecule has 3 atom stereocenters. The first-order valence-electron chi connectivity index (χ1n) is 10.3.